The van der Waals surface area contributed by atoms with E-state index in [4.69, 9.17) is 0 Å². The highest BCUT2D eigenvalue weighted by Crippen LogP contribution is 2.09. The van der Waals surface area contributed by atoms with Gasteiger partial charge in [-0.25, -0.2) is 13.2 Å². The molecule has 0 fully saturated rings. The largest absolute Gasteiger partial charge is 0.337 e. The van der Waals surface area contributed by atoms with Crippen molar-refractivity contribution in [3.63, 3.8) is 0 Å². The Morgan fingerprint density at radius 1 is 0.864 bits per heavy atom. The first-order valence-corrected chi connectivity index (χ1v) is 8.56. The molecule has 116 valence electrons. The third kappa shape index (κ3) is 4.89. The van der Waals surface area contributed by atoms with E-state index in [1.165, 1.54) is 0 Å². The van der Waals surface area contributed by atoms with Crippen LogP contribution < -0.4 is 10.6 Å². The Labute approximate surface area is 130 Å². The molecule has 0 aromatic heterocycles. The Bertz CT molecular complexity index is 701. The van der Waals surface area contributed by atoms with E-state index in [1.54, 1.807) is 30.3 Å². The predicted molar refractivity (Wildman–Crippen MR) is 85.2 cm³/mol. The molecule has 0 atom stereocenters. The number of sulfone groups is 1. The Morgan fingerprint density at radius 2 is 1.45 bits per heavy atom. The molecule has 0 bridgehead atoms. The van der Waals surface area contributed by atoms with Crippen molar-refractivity contribution < 1.29 is 13.2 Å². The maximum atomic E-state index is 12.0. The molecule has 0 spiro atoms. The normalized spacial score (nSPS) is 10.9. The lowest BCUT2D eigenvalue weighted by Crippen LogP contribution is -2.37. The Balaban J connectivity index is 1.75. The van der Waals surface area contributed by atoms with Crippen LogP contribution in [0.2, 0.25) is 0 Å². The van der Waals surface area contributed by atoms with Gasteiger partial charge in [0.25, 0.3) is 0 Å². The third-order valence-corrected chi connectivity index (χ3v) is 4.79. The van der Waals surface area contributed by atoms with Gasteiger partial charge in [0.15, 0.2) is 9.84 Å². The molecular weight excluding hydrogens is 300 g/mol. The number of carbonyl (C=O) groups is 1. The summed E-state index contributed by atoms with van der Waals surface area (Å²) in [4.78, 5) is 11.9. The molecule has 2 N–H and O–H groups in total. The summed E-state index contributed by atoms with van der Waals surface area (Å²) < 4.78 is 24.0. The zero-order chi connectivity index (χ0) is 15.8. The maximum Gasteiger partial charge on any atom is 0.315 e. The van der Waals surface area contributed by atoms with Crippen LogP contribution in [0.4, 0.5) is 4.79 Å². The zero-order valence-electron chi connectivity index (χ0n) is 12.0. The molecule has 0 heterocycles. The van der Waals surface area contributed by atoms with Crippen molar-refractivity contribution in [1.29, 1.82) is 0 Å². The summed E-state index contributed by atoms with van der Waals surface area (Å²) in [7, 11) is -3.37. The molecule has 2 aromatic rings. The van der Waals surface area contributed by atoms with E-state index in [-0.39, 0.29) is 23.2 Å². The molecule has 0 aliphatic heterocycles. The van der Waals surface area contributed by atoms with Gasteiger partial charge in [-0.15, -0.1) is 0 Å². The molecule has 0 aliphatic carbocycles. The standard InChI is InChI=1S/C16H18N2O3S/c19-16(18-13-14-7-3-1-4-8-14)17-11-12-22(20,21)15-9-5-2-6-10-15/h1-10H,11-13H2,(H2,17,18,19). The van der Waals surface area contributed by atoms with E-state index in [9.17, 15) is 13.2 Å². The fourth-order valence-electron chi connectivity index (χ4n) is 1.89. The molecule has 22 heavy (non-hydrogen) atoms. The summed E-state index contributed by atoms with van der Waals surface area (Å²) in [6.45, 7) is 0.468. The van der Waals surface area contributed by atoms with Gasteiger partial charge in [-0.1, -0.05) is 48.5 Å². The van der Waals surface area contributed by atoms with Gasteiger partial charge in [-0.2, -0.15) is 0 Å². The van der Waals surface area contributed by atoms with Crippen molar-refractivity contribution in [3.8, 4) is 0 Å². The first-order chi connectivity index (χ1) is 10.6. The second kappa shape index (κ2) is 7.61. The highest BCUT2D eigenvalue weighted by Gasteiger charge is 2.13. The molecule has 0 saturated heterocycles. The van der Waals surface area contributed by atoms with Crippen LogP contribution in [0.1, 0.15) is 5.56 Å². The van der Waals surface area contributed by atoms with Crippen LogP contribution in [0.5, 0.6) is 0 Å². The average molecular weight is 318 g/mol. The first kappa shape index (κ1) is 16.0. The van der Waals surface area contributed by atoms with Gasteiger partial charge in [-0.3, -0.25) is 0 Å². The number of urea groups is 1. The third-order valence-electron chi connectivity index (χ3n) is 3.05. The number of benzene rings is 2. The molecule has 0 aliphatic rings. The molecule has 2 amide bonds. The van der Waals surface area contributed by atoms with Gasteiger partial charge in [0.2, 0.25) is 0 Å². The quantitative estimate of drug-likeness (QED) is 0.855. The Morgan fingerprint density at radius 3 is 2.09 bits per heavy atom. The zero-order valence-corrected chi connectivity index (χ0v) is 12.8. The minimum absolute atomic E-state index is 0.0673. The summed E-state index contributed by atoms with van der Waals surface area (Å²) in [5.74, 6) is -0.129. The minimum Gasteiger partial charge on any atom is -0.337 e. The predicted octanol–water partition coefficient (Wildman–Crippen LogP) is 1.96. The lowest BCUT2D eigenvalue weighted by molar-refractivity contribution is 0.241. The number of rotatable bonds is 6. The molecule has 6 heteroatoms. The second-order valence-electron chi connectivity index (χ2n) is 4.73. The van der Waals surface area contributed by atoms with Crippen molar-refractivity contribution >= 4 is 15.9 Å². The van der Waals surface area contributed by atoms with Crippen molar-refractivity contribution in [3.05, 3.63) is 66.2 Å². The Hall–Kier alpha value is -2.34. The monoisotopic (exact) mass is 318 g/mol. The van der Waals surface area contributed by atoms with Crippen LogP contribution in [-0.2, 0) is 16.4 Å². The number of amides is 2. The average Bonchev–Trinajstić information content (AvgIpc) is 2.54. The van der Waals surface area contributed by atoms with Gasteiger partial charge in [-0.05, 0) is 17.7 Å². The topological polar surface area (TPSA) is 75.3 Å². The summed E-state index contributed by atoms with van der Waals surface area (Å²) >= 11 is 0. The lowest BCUT2D eigenvalue weighted by atomic mass is 10.2. The summed E-state index contributed by atoms with van der Waals surface area (Å²) in [5, 5.41) is 5.23. The molecule has 0 unspecified atom stereocenters. The minimum atomic E-state index is -3.37. The number of hydrogen-bond acceptors (Lipinski definition) is 3. The van der Waals surface area contributed by atoms with E-state index in [0.717, 1.165) is 5.56 Å². The van der Waals surface area contributed by atoms with Crippen molar-refractivity contribution in [2.75, 3.05) is 12.3 Å². The van der Waals surface area contributed by atoms with Crippen molar-refractivity contribution in [2.45, 2.75) is 11.4 Å². The van der Waals surface area contributed by atoms with Gasteiger partial charge in [0, 0.05) is 13.1 Å². The van der Waals surface area contributed by atoms with Gasteiger partial charge in [0.05, 0.1) is 10.6 Å². The summed E-state index contributed by atoms with van der Waals surface area (Å²) in [5.41, 5.74) is 0.981. The van der Waals surface area contributed by atoms with E-state index in [2.05, 4.69) is 10.6 Å². The summed E-state index contributed by atoms with van der Waals surface area (Å²) in [6.07, 6.45) is 0. The van der Waals surface area contributed by atoms with Crippen LogP contribution in [0.3, 0.4) is 0 Å². The summed E-state index contributed by atoms with van der Waals surface area (Å²) in [6, 6.07) is 17.3. The molecule has 5 nitrogen and oxygen atoms in total. The fraction of sp³-hybridized carbons (Fsp3) is 0.188. The van der Waals surface area contributed by atoms with Crippen molar-refractivity contribution in [2.24, 2.45) is 0 Å². The van der Waals surface area contributed by atoms with Crippen molar-refractivity contribution in [1.82, 2.24) is 10.6 Å². The van der Waals surface area contributed by atoms with Gasteiger partial charge < -0.3 is 10.6 Å². The molecule has 2 aromatic carbocycles. The fourth-order valence-corrected chi connectivity index (χ4v) is 3.06. The number of nitrogens with one attached hydrogen (secondary N) is 2. The van der Waals surface area contributed by atoms with E-state index in [0.29, 0.717) is 6.54 Å². The second-order valence-corrected chi connectivity index (χ2v) is 6.84. The SMILES string of the molecule is O=C(NCCS(=O)(=O)c1ccccc1)NCc1ccccc1. The highest BCUT2D eigenvalue weighted by molar-refractivity contribution is 7.91. The molecular formula is C16H18N2O3S. The van der Waals surface area contributed by atoms with Crippen LogP contribution in [-0.4, -0.2) is 26.7 Å². The maximum absolute atomic E-state index is 12.0. The molecule has 2 rings (SSSR count). The smallest absolute Gasteiger partial charge is 0.315 e. The van der Waals surface area contributed by atoms with E-state index < -0.39 is 9.84 Å². The molecule has 0 radical (unpaired) electrons. The van der Waals surface area contributed by atoms with Crippen LogP contribution in [0.15, 0.2) is 65.6 Å². The van der Waals surface area contributed by atoms with E-state index in [1.807, 2.05) is 30.3 Å². The van der Waals surface area contributed by atoms with Crippen LogP contribution >= 0.6 is 0 Å². The number of carbonyl (C=O) groups excluding carboxylic acids is 1. The Kier molecular flexibility index (Phi) is 5.55. The van der Waals surface area contributed by atoms with Gasteiger partial charge in [0.1, 0.15) is 0 Å². The molecule has 0 saturated carbocycles. The lowest BCUT2D eigenvalue weighted by Gasteiger charge is -2.08. The highest BCUT2D eigenvalue weighted by atomic mass is 32.2. The first-order valence-electron chi connectivity index (χ1n) is 6.91. The van der Waals surface area contributed by atoms with Crippen LogP contribution in [0.25, 0.3) is 0 Å². The number of hydrogen-bond donors (Lipinski definition) is 2. The van der Waals surface area contributed by atoms with Gasteiger partial charge >= 0.3 is 6.03 Å². The van der Waals surface area contributed by atoms with Crippen LogP contribution in [0, 0.1) is 0 Å². The van der Waals surface area contributed by atoms with E-state index >= 15 is 0 Å².